The molecule has 2 nitrogen and oxygen atoms in total. The summed E-state index contributed by atoms with van der Waals surface area (Å²) in [7, 11) is 0. The second-order valence-corrected chi connectivity index (χ2v) is 5.01. The monoisotopic (exact) mass is 237 g/mol. The molecule has 3 heteroatoms. The molecule has 0 bridgehead atoms. The number of hydrogen-bond acceptors (Lipinski definition) is 2. The summed E-state index contributed by atoms with van der Waals surface area (Å²) < 4.78 is 19.2. The van der Waals surface area contributed by atoms with E-state index in [1.165, 1.54) is 25.0 Å². The second kappa shape index (κ2) is 5.50. The lowest BCUT2D eigenvalue weighted by atomic mass is 9.89. The molecule has 2 rings (SSSR count). The smallest absolute Gasteiger partial charge is 0.127 e. The Morgan fingerprint density at radius 2 is 2.18 bits per heavy atom. The van der Waals surface area contributed by atoms with Gasteiger partial charge in [0.1, 0.15) is 11.6 Å². The summed E-state index contributed by atoms with van der Waals surface area (Å²) in [6, 6.07) is 4.73. The molecule has 2 unspecified atom stereocenters. The molecule has 0 saturated heterocycles. The predicted octanol–water partition coefficient (Wildman–Crippen LogP) is 3.24. The number of benzene rings is 1. The average molecular weight is 237 g/mol. The van der Waals surface area contributed by atoms with Crippen molar-refractivity contribution in [1.29, 1.82) is 0 Å². The van der Waals surface area contributed by atoms with E-state index in [1.54, 1.807) is 0 Å². The summed E-state index contributed by atoms with van der Waals surface area (Å²) in [6.45, 7) is 2.58. The van der Waals surface area contributed by atoms with Crippen molar-refractivity contribution in [2.45, 2.75) is 45.3 Å². The van der Waals surface area contributed by atoms with Gasteiger partial charge in [-0.1, -0.05) is 13.3 Å². The van der Waals surface area contributed by atoms with Crippen molar-refractivity contribution in [2.24, 2.45) is 11.7 Å². The van der Waals surface area contributed by atoms with E-state index in [4.69, 9.17) is 10.5 Å². The maximum Gasteiger partial charge on any atom is 0.127 e. The highest BCUT2D eigenvalue weighted by Gasteiger charge is 2.20. The van der Waals surface area contributed by atoms with E-state index in [2.05, 4.69) is 6.92 Å². The lowest BCUT2D eigenvalue weighted by Crippen LogP contribution is -2.24. The van der Waals surface area contributed by atoms with Crippen LogP contribution in [0, 0.1) is 11.7 Å². The van der Waals surface area contributed by atoms with Gasteiger partial charge in [-0.25, -0.2) is 4.39 Å². The molecule has 1 fully saturated rings. The van der Waals surface area contributed by atoms with Gasteiger partial charge in [-0.3, -0.25) is 0 Å². The van der Waals surface area contributed by atoms with Gasteiger partial charge < -0.3 is 10.5 Å². The highest BCUT2D eigenvalue weighted by Crippen LogP contribution is 2.28. The van der Waals surface area contributed by atoms with Crippen LogP contribution in [0.4, 0.5) is 4.39 Å². The van der Waals surface area contributed by atoms with Gasteiger partial charge in [0.05, 0.1) is 6.10 Å². The van der Waals surface area contributed by atoms with Crippen molar-refractivity contribution in [2.75, 3.05) is 0 Å². The van der Waals surface area contributed by atoms with Gasteiger partial charge in [0, 0.05) is 12.6 Å². The molecule has 17 heavy (non-hydrogen) atoms. The Hall–Kier alpha value is -1.09. The highest BCUT2D eigenvalue weighted by molar-refractivity contribution is 5.29. The van der Waals surface area contributed by atoms with E-state index in [0.717, 1.165) is 18.4 Å². The Morgan fingerprint density at radius 1 is 1.35 bits per heavy atom. The third kappa shape index (κ3) is 3.43. The largest absolute Gasteiger partial charge is 0.490 e. The first-order chi connectivity index (χ1) is 8.17. The van der Waals surface area contributed by atoms with Crippen molar-refractivity contribution >= 4 is 0 Å². The van der Waals surface area contributed by atoms with Gasteiger partial charge in [0.25, 0.3) is 0 Å². The second-order valence-electron chi connectivity index (χ2n) is 5.01. The van der Waals surface area contributed by atoms with Crippen LogP contribution in [0.2, 0.25) is 0 Å². The number of halogens is 1. The van der Waals surface area contributed by atoms with Gasteiger partial charge in [0.2, 0.25) is 0 Å². The first kappa shape index (κ1) is 12.4. The Kier molecular flexibility index (Phi) is 4.00. The van der Waals surface area contributed by atoms with Crippen LogP contribution in [0.1, 0.15) is 38.2 Å². The van der Waals surface area contributed by atoms with Crippen molar-refractivity contribution in [3.05, 3.63) is 29.6 Å². The van der Waals surface area contributed by atoms with E-state index in [9.17, 15) is 4.39 Å². The average Bonchev–Trinajstić information content (AvgIpc) is 2.28. The summed E-state index contributed by atoms with van der Waals surface area (Å²) in [5.74, 6) is 1.05. The van der Waals surface area contributed by atoms with Gasteiger partial charge in [0.15, 0.2) is 0 Å². The number of rotatable bonds is 3. The maximum absolute atomic E-state index is 13.3. The molecule has 1 saturated carbocycles. The van der Waals surface area contributed by atoms with Crippen molar-refractivity contribution in [3.63, 3.8) is 0 Å². The molecule has 0 aliphatic heterocycles. The third-order valence-corrected chi connectivity index (χ3v) is 3.36. The molecule has 94 valence electrons. The van der Waals surface area contributed by atoms with E-state index >= 15 is 0 Å². The Bertz CT molecular complexity index is 380. The summed E-state index contributed by atoms with van der Waals surface area (Å²) in [6.07, 6.45) is 4.83. The minimum absolute atomic E-state index is 0.228. The standard InChI is InChI=1S/C14H20FNO/c1-10-3-2-4-13(5-10)17-14-7-11(9-16)6-12(15)8-14/h6-8,10,13H,2-5,9,16H2,1H3. The van der Waals surface area contributed by atoms with Crippen molar-refractivity contribution in [3.8, 4) is 5.75 Å². The Balaban J connectivity index is 2.04. The van der Waals surface area contributed by atoms with Crippen LogP contribution in [0.25, 0.3) is 0 Å². The zero-order valence-corrected chi connectivity index (χ0v) is 10.3. The third-order valence-electron chi connectivity index (χ3n) is 3.36. The van der Waals surface area contributed by atoms with E-state index in [-0.39, 0.29) is 11.9 Å². The minimum atomic E-state index is -0.271. The lowest BCUT2D eigenvalue weighted by molar-refractivity contribution is 0.128. The molecule has 2 atom stereocenters. The van der Waals surface area contributed by atoms with Crippen LogP contribution in [-0.2, 0) is 6.54 Å². The molecule has 2 N–H and O–H groups in total. The molecule has 0 heterocycles. The molecule has 1 aromatic rings. The summed E-state index contributed by atoms with van der Waals surface area (Å²) in [4.78, 5) is 0. The van der Waals surface area contributed by atoms with Crippen LogP contribution >= 0.6 is 0 Å². The van der Waals surface area contributed by atoms with Gasteiger partial charge >= 0.3 is 0 Å². The van der Waals surface area contributed by atoms with Crippen LogP contribution < -0.4 is 10.5 Å². The summed E-state index contributed by atoms with van der Waals surface area (Å²) in [5, 5.41) is 0. The highest BCUT2D eigenvalue weighted by atomic mass is 19.1. The molecular weight excluding hydrogens is 217 g/mol. The minimum Gasteiger partial charge on any atom is -0.490 e. The first-order valence-corrected chi connectivity index (χ1v) is 6.33. The SMILES string of the molecule is CC1CCCC(Oc2cc(F)cc(CN)c2)C1. The zero-order valence-electron chi connectivity index (χ0n) is 10.3. The summed E-state index contributed by atoms with van der Waals surface area (Å²) in [5.41, 5.74) is 6.30. The van der Waals surface area contributed by atoms with Gasteiger partial charge in [-0.15, -0.1) is 0 Å². The van der Waals surface area contributed by atoms with Gasteiger partial charge in [-0.05, 0) is 42.9 Å². The van der Waals surface area contributed by atoms with E-state index in [1.807, 2.05) is 6.07 Å². The fourth-order valence-corrected chi connectivity index (χ4v) is 2.48. The van der Waals surface area contributed by atoms with Crippen molar-refractivity contribution < 1.29 is 9.13 Å². The predicted molar refractivity (Wildman–Crippen MR) is 66.3 cm³/mol. The fraction of sp³-hybridized carbons (Fsp3) is 0.571. The topological polar surface area (TPSA) is 35.2 Å². The molecular formula is C14H20FNO. The normalized spacial score (nSPS) is 24.6. The fourth-order valence-electron chi connectivity index (χ4n) is 2.48. The first-order valence-electron chi connectivity index (χ1n) is 6.33. The molecule has 1 aliphatic carbocycles. The van der Waals surface area contributed by atoms with Gasteiger partial charge in [-0.2, -0.15) is 0 Å². The quantitative estimate of drug-likeness (QED) is 0.876. The molecule has 1 aromatic carbocycles. The Labute approximate surface area is 102 Å². The summed E-state index contributed by atoms with van der Waals surface area (Å²) >= 11 is 0. The lowest BCUT2D eigenvalue weighted by Gasteiger charge is -2.27. The molecule has 0 aromatic heterocycles. The maximum atomic E-state index is 13.3. The molecule has 0 radical (unpaired) electrons. The molecule has 0 spiro atoms. The molecule has 1 aliphatic rings. The van der Waals surface area contributed by atoms with Crippen LogP contribution in [0.5, 0.6) is 5.75 Å². The van der Waals surface area contributed by atoms with E-state index in [0.29, 0.717) is 18.2 Å². The Morgan fingerprint density at radius 3 is 2.88 bits per heavy atom. The zero-order chi connectivity index (χ0) is 12.3. The van der Waals surface area contributed by atoms with Crippen molar-refractivity contribution in [1.82, 2.24) is 0 Å². The number of hydrogen-bond donors (Lipinski definition) is 1. The van der Waals surface area contributed by atoms with Crippen LogP contribution in [0.3, 0.4) is 0 Å². The van der Waals surface area contributed by atoms with Crippen LogP contribution in [0.15, 0.2) is 18.2 Å². The number of nitrogens with two attached hydrogens (primary N) is 1. The van der Waals surface area contributed by atoms with Crippen LogP contribution in [-0.4, -0.2) is 6.10 Å². The van der Waals surface area contributed by atoms with E-state index < -0.39 is 0 Å². The molecule has 0 amide bonds. The number of ether oxygens (including phenoxy) is 1.